The van der Waals surface area contributed by atoms with Crippen LogP contribution in [0.4, 0.5) is 0 Å². The van der Waals surface area contributed by atoms with Gasteiger partial charge in [0.25, 0.3) is 0 Å². The van der Waals surface area contributed by atoms with Crippen molar-refractivity contribution in [3.8, 4) is 11.1 Å². The largest absolute Gasteiger partial charge is 0.506 e. The second-order valence-corrected chi connectivity index (χ2v) is 4.82. The Balaban J connectivity index is 2.22. The second kappa shape index (κ2) is 4.61. The summed E-state index contributed by atoms with van der Waals surface area (Å²) >= 11 is 5.89. The van der Waals surface area contributed by atoms with Gasteiger partial charge in [0.2, 0.25) is 0 Å². The number of aryl methyl sites for hydroxylation is 1. The number of benzene rings is 1. The molecule has 0 bridgehead atoms. The summed E-state index contributed by atoms with van der Waals surface area (Å²) < 4.78 is 1.63. The van der Waals surface area contributed by atoms with Crippen LogP contribution in [0.3, 0.4) is 0 Å². The minimum atomic E-state index is -0.125. The first-order chi connectivity index (χ1) is 9.58. The van der Waals surface area contributed by atoms with E-state index in [2.05, 4.69) is 21.9 Å². The Kier molecular flexibility index (Phi) is 2.91. The molecular formula is C14H11ClN4O. The van der Waals surface area contributed by atoms with Crippen molar-refractivity contribution in [1.29, 1.82) is 0 Å². The molecule has 0 aliphatic carbocycles. The molecule has 20 heavy (non-hydrogen) atoms. The third-order valence-electron chi connectivity index (χ3n) is 3.08. The molecule has 100 valence electrons. The molecule has 0 aliphatic rings. The molecule has 0 fully saturated rings. The SMILES string of the molecule is C=C(O)c1nnc2c(-c3ccc(Cl)cc3)cnn2c1C. The fourth-order valence-electron chi connectivity index (χ4n) is 2.05. The van der Waals surface area contributed by atoms with Crippen molar-refractivity contribution in [1.82, 2.24) is 19.8 Å². The number of hydrogen-bond donors (Lipinski definition) is 1. The van der Waals surface area contributed by atoms with Gasteiger partial charge in [-0.05, 0) is 24.6 Å². The average Bonchev–Trinajstić information content (AvgIpc) is 2.84. The first kappa shape index (κ1) is 12.6. The molecule has 0 saturated heterocycles. The van der Waals surface area contributed by atoms with E-state index < -0.39 is 0 Å². The van der Waals surface area contributed by atoms with Gasteiger partial charge in [0.05, 0.1) is 11.9 Å². The van der Waals surface area contributed by atoms with Crippen LogP contribution in [0, 0.1) is 6.92 Å². The standard InChI is InChI=1S/C14H11ClN4O/c1-8-13(9(2)20)17-18-14-12(7-16-19(8)14)10-3-5-11(15)6-4-10/h3-7,20H,2H2,1H3. The fourth-order valence-corrected chi connectivity index (χ4v) is 2.18. The maximum Gasteiger partial charge on any atom is 0.185 e. The van der Waals surface area contributed by atoms with Crippen molar-refractivity contribution in [2.24, 2.45) is 0 Å². The van der Waals surface area contributed by atoms with Crippen LogP contribution in [-0.4, -0.2) is 24.9 Å². The molecule has 2 heterocycles. The first-order valence-corrected chi connectivity index (χ1v) is 6.31. The predicted molar refractivity (Wildman–Crippen MR) is 77.6 cm³/mol. The van der Waals surface area contributed by atoms with Crippen LogP contribution >= 0.6 is 11.6 Å². The van der Waals surface area contributed by atoms with Crippen molar-refractivity contribution in [2.75, 3.05) is 0 Å². The van der Waals surface area contributed by atoms with Crippen molar-refractivity contribution in [3.63, 3.8) is 0 Å². The maximum atomic E-state index is 9.47. The molecule has 1 aromatic carbocycles. The predicted octanol–water partition coefficient (Wildman–Crippen LogP) is 3.28. The number of halogens is 1. The van der Waals surface area contributed by atoms with E-state index in [9.17, 15) is 5.11 Å². The average molecular weight is 287 g/mol. The van der Waals surface area contributed by atoms with E-state index >= 15 is 0 Å². The Morgan fingerprint density at radius 2 is 1.95 bits per heavy atom. The number of nitrogens with zero attached hydrogens (tertiary/aromatic N) is 4. The van der Waals surface area contributed by atoms with Crippen LogP contribution < -0.4 is 0 Å². The number of aliphatic hydroxyl groups is 1. The molecule has 0 atom stereocenters. The zero-order chi connectivity index (χ0) is 14.3. The molecule has 0 saturated carbocycles. The van der Waals surface area contributed by atoms with Gasteiger partial charge in [-0.3, -0.25) is 0 Å². The first-order valence-electron chi connectivity index (χ1n) is 5.93. The molecule has 1 N–H and O–H groups in total. The monoisotopic (exact) mass is 286 g/mol. The number of aromatic nitrogens is 4. The third kappa shape index (κ3) is 1.92. The Morgan fingerprint density at radius 3 is 2.60 bits per heavy atom. The van der Waals surface area contributed by atoms with Gasteiger partial charge in [0, 0.05) is 10.6 Å². The zero-order valence-electron chi connectivity index (χ0n) is 10.7. The van der Waals surface area contributed by atoms with E-state index in [1.54, 1.807) is 17.6 Å². The highest BCUT2D eigenvalue weighted by Crippen LogP contribution is 2.25. The molecule has 0 unspecified atom stereocenters. The van der Waals surface area contributed by atoms with Crippen LogP contribution in [0.1, 0.15) is 11.4 Å². The van der Waals surface area contributed by atoms with Crippen LogP contribution in [0.25, 0.3) is 22.5 Å². The number of fused-ring (bicyclic) bond motifs is 1. The molecule has 0 aliphatic heterocycles. The van der Waals surface area contributed by atoms with Gasteiger partial charge in [0.15, 0.2) is 5.65 Å². The summed E-state index contributed by atoms with van der Waals surface area (Å²) in [7, 11) is 0. The highest BCUT2D eigenvalue weighted by Gasteiger charge is 2.14. The van der Waals surface area contributed by atoms with Crippen LogP contribution in [0.15, 0.2) is 37.0 Å². The van der Waals surface area contributed by atoms with E-state index in [-0.39, 0.29) is 5.76 Å². The summed E-state index contributed by atoms with van der Waals surface area (Å²) in [6.45, 7) is 5.27. The van der Waals surface area contributed by atoms with E-state index in [4.69, 9.17) is 11.6 Å². The van der Waals surface area contributed by atoms with Gasteiger partial charge in [-0.15, -0.1) is 10.2 Å². The van der Waals surface area contributed by atoms with Crippen LogP contribution in [0.5, 0.6) is 0 Å². The molecule has 6 heteroatoms. The van der Waals surface area contributed by atoms with Crippen molar-refractivity contribution in [3.05, 3.63) is 53.5 Å². The van der Waals surface area contributed by atoms with Gasteiger partial charge >= 0.3 is 0 Å². The van der Waals surface area contributed by atoms with Crippen LogP contribution in [0.2, 0.25) is 5.02 Å². The van der Waals surface area contributed by atoms with E-state index in [0.717, 1.165) is 11.1 Å². The lowest BCUT2D eigenvalue weighted by Gasteiger charge is -2.04. The van der Waals surface area contributed by atoms with Gasteiger partial charge < -0.3 is 5.11 Å². The number of aliphatic hydroxyl groups excluding tert-OH is 1. The molecular weight excluding hydrogens is 276 g/mol. The summed E-state index contributed by atoms with van der Waals surface area (Å²) in [5.41, 5.74) is 3.45. The fraction of sp³-hybridized carbons (Fsp3) is 0.0714. The molecule has 0 radical (unpaired) electrons. The Hall–Kier alpha value is -2.40. The molecule has 0 amide bonds. The van der Waals surface area contributed by atoms with Gasteiger partial charge in [-0.1, -0.05) is 30.3 Å². The van der Waals surface area contributed by atoms with Crippen molar-refractivity contribution in [2.45, 2.75) is 6.92 Å². The topological polar surface area (TPSA) is 63.3 Å². The summed E-state index contributed by atoms with van der Waals surface area (Å²) in [4.78, 5) is 0. The van der Waals surface area contributed by atoms with Crippen molar-refractivity contribution < 1.29 is 5.11 Å². The van der Waals surface area contributed by atoms with Crippen LogP contribution in [-0.2, 0) is 0 Å². The minimum Gasteiger partial charge on any atom is -0.506 e. The van der Waals surface area contributed by atoms with Gasteiger partial charge in [-0.25, -0.2) is 4.52 Å². The highest BCUT2D eigenvalue weighted by molar-refractivity contribution is 6.30. The normalized spacial score (nSPS) is 10.9. The maximum absolute atomic E-state index is 9.47. The quantitative estimate of drug-likeness (QED) is 0.734. The summed E-state index contributed by atoms with van der Waals surface area (Å²) in [5, 5.41) is 22.5. The van der Waals surface area contributed by atoms with Crippen molar-refractivity contribution >= 4 is 23.0 Å². The molecule has 2 aromatic heterocycles. The Labute approximate surface area is 120 Å². The second-order valence-electron chi connectivity index (χ2n) is 4.38. The lowest BCUT2D eigenvalue weighted by atomic mass is 10.1. The molecule has 3 rings (SSSR count). The molecule has 5 nitrogen and oxygen atoms in total. The van der Waals surface area contributed by atoms with E-state index in [1.165, 1.54) is 0 Å². The minimum absolute atomic E-state index is 0.125. The molecule has 3 aromatic rings. The Bertz CT molecular complexity index is 808. The van der Waals surface area contributed by atoms with E-state index in [1.807, 2.05) is 24.3 Å². The lowest BCUT2D eigenvalue weighted by molar-refractivity contribution is 0.506. The smallest absolute Gasteiger partial charge is 0.185 e. The molecule has 0 spiro atoms. The third-order valence-corrected chi connectivity index (χ3v) is 3.33. The lowest BCUT2D eigenvalue weighted by Crippen LogP contribution is -2.04. The summed E-state index contributed by atoms with van der Waals surface area (Å²) in [6, 6.07) is 7.42. The summed E-state index contributed by atoms with van der Waals surface area (Å²) in [5.74, 6) is -0.125. The zero-order valence-corrected chi connectivity index (χ0v) is 11.5. The van der Waals surface area contributed by atoms with Gasteiger partial charge in [-0.2, -0.15) is 5.10 Å². The highest BCUT2D eigenvalue weighted by atomic mass is 35.5. The van der Waals surface area contributed by atoms with Gasteiger partial charge in [0.1, 0.15) is 11.5 Å². The van der Waals surface area contributed by atoms with E-state index in [0.29, 0.717) is 22.1 Å². The Morgan fingerprint density at radius 1 is 1.25 bits per heavy atom. The number of rotatable bonds is 2. The summed E-state index contributed by atoms with van der Waals surface area (Å²) in [6.07, 6.45) is 1.71. The number of hydrogen-bond acceptors (Lipinski definition) is 4.